The minimum Gasteiger partial charge on any atom is -0.406 e. The van der Waals surface area contributed by atoms with E-state index in [9.17, 15) is 40.7 Å². The Kier molecular flexibility index (Phi) is 5.25. The normalized spacial score (nSPS) is 19.2. The molecule has 4 amide bonds. The van der Waals surface area contributed by atoms with Gasteiger partial charge in [0.1, 0.15) is 5.75 Å². The molecule has 1 aromatic carbocycles. The molecule has 1 fully saturated rings. The van der Waals surface area contributed by atoms with Gasteiger partial charge in [-0.25, -0.2) is 9.69 Å². The molecule has 31 heavy (non-hydrogen) atoms. The van der Waals surface area contributed by atoms with Gasteiger partial charge in [0.05, 0.1) is 5.69 Å². The largest absolute Gasteiger partial charge is 0.573 e. The Morgan fingerprint density at radius 2 is 1.58 bits per heavy atom. The maximum absolute atomic E-state index is 13.8. The van der Waals surface area contributed by atoms with Crippen molar-refractivity contribution in [3.05, 3.63) is 54.4 Å². The molecule has 1 atom stereocenters. The predicted octanol–water partition coefficient (Wildman–Crippen LogP) is 2.73. The van der Waals surface area contributed by atoms with Gasteiger partial charge in [-0.1, -0.05) is 0 Å². The van der Waals surface area contributed by atoms with E-state index in [4.69, 9.17) is 0 Å². The van der Waals surface area contributed by atoms with E-state index in [1.165, 1.54) is 10.6 Å². The number of nitrogens with one attached hydrogen (secondary N) is 2. The molecule has 8 nitrogen and oxygen atoms in total. The number of urea groups is 1. The number of aromatic nitrogens is 1. The number of alkyl halides is 6. The van der Waals surface area contributed by atoms with Crippen molar-refractivity contribution >= 4 is 23.5 Å². The molecule has 1 aromatic heterocycles. The van der Waals surface area contributed by atoms with Crippen molar-refractivity contribution in [2.45, 2.75) is 18.2 Å². The van der Waals surface area contributed by atoms with E-state index in [1.807, 2.05) is 0 Å². The smallest absolute Gasteiger partial charge is 0.406 e. The lowest BCUT2D eigenvalue weighted by Crippen LogP contribution is -2.69. The number of hydrogen-bond donors (Lipinski definition) is 2. The topological polar surface area (TPSA) is 101 Å². The van der Waals surface area contributed by atoms with Gasteiger partial charge in [0.25, 0.3) is 17.5 Å². The third-order valence-electron chi connectivity index (χ3n) is 4.02. The number of carbonyl (C=O) groups is 3. The molecule has 0 spiro atoms. The number of rotatable bonds is 4. The standard InChI is InChI=1S/C17H10F6N4O4/c18-16(19,20)15(25-12(28)9-5-7-24-8-6-9)13(29)27(14(30)26-15)10-1-3-11(4-2-10)31-17(21,22)23/h1-8H,(H,25,28)(H,26,30)/t15-/m1/s1. The summed E-state index contributed by atoms with van der Waals surface area (Å²) in [5.74, 6) is -3.96. The Hall–Kier alpha value is -3.84. The van der Waals surface area contributed by atoms with Crippen LogP contribution in [0.25, 0.3) is 0 Å². The lowest BCUT2D eigenvalue weighted by atomic mass is 10.1. The van der Waals surface area contributed by atoms with Crippen LogP contribution >= 0.6 is 0 Å². The van der Waals surface area contributed by atoms with Gasteiger partial charge in [0, 0.05) is 18.0 Å². The highest BCUT2D eigenvalue weighted by molar-refractivity contribution is 6.24. The summed E-state index contributed by atoms with van der Waals surface area (Å²) in [7, 11) is 0. The minimum atomic E-state index is -5.46. The van der Waals surface area contributed by atoms with Crippen LogP contribution in [0.4, 0.5) is 36.8 Å². The van der Waals surface area contributed by atoms with Crippen LogP contribution in [0.2, 0.25) is 0 Å². The fourth-order valence-electron chi connectivity index (χ4n) is 2.65. The summed E-state index contributed by atoms with van der Waals surface area (Å²) in [6, 6.07) is 3.56. The van der Waals surface area contributed by atoms with E-state index >= 15 is 0 Å². The number of anilines is 1. The highest BCUT2D eigenvalue weighted by atomic mass is 19.4. The van der Waals surface area contributed by atoms with Crippen molar-refractivity contribution in [3.63, 3.8) is 0 Å². The molecule has 0 bridgehead atoms. The van der Waals surface area contributed by atoms with Crippen LogP contribution in [0, 0.1) is 0 Å². The Morgan fingerprint density at radius 3 is 2.10 bits per heavy atom. The zero-order valence-corrected chi connectivity index (χ0v) is 14.9. The summed E-state index contributed by atoms with van der Waals surface area (Å²) in [4.78, 5) is 40.7. The van der Waals surface area contributed by atoms with Crippen LogP contribution in [-0.4, -0.2) is 41.0 Å². The van der Waals surface area contributed by atoms with Crippen molar-refractivity contribution < 1.29 is 45.5 Å². The third kappa shape index (κ3) is 4.22. The summed E-state index contributed by atoms with van der Waals surface area (Å²) >= 11 is 0. The number of carbonyl (C=O) groups excluding carboxylic acids is 3. The first-order valence-corrected chi connectivity index (χ1v) is 8.16. The summed E-state index contributed by atoms with van der Waals surface area (Å²) in [6.45, 7) is 0. The van der Waals surface area contributed by atoms with Crippen molar-refractivity contribution in [1.82, 2.24) is 15.6 Å². The van der Waals surface area contributed by atoms with Gasteiger partial charge in [0.2, 0.25) is 0 Å². The van der Waals surface area contributed by atoms with Crippen LogP contribution < -0.4 is 20.3 Å². The first kappa shape index (κ1) is 21.9. The Bertz CT molecular complexity index is 1010. The molecule has 0 radical (unpaired) electrons. The van der Waals surface area contributed by atoms with E-state index in [0.29, 0.717) is 12.1 Å². The van der Waals surface area contributed by atoms with Gasteiger partial charge in [-0.2, -0.15) is 13.2 Å². The Morgan fingerprint density at radius 1 is 1.00 bits per heavy atom. The van der Waals surface area contributed by atoms with E-state index in [2.05, 4.69) is 9.72 Å². The molecule has 1 aliphatic rings. The number of benzene rings is 1. The molecule has 14 heteroatoms. The fourth-order valence-corrected chi connectivity index (χ4v) is 2.65. The fraction of sp³-hybridized carbons (Fsp3) is 0.176. The first-order chi connectivity index (χ1) is 14.3. The average molecular weight is 448 g/mol. The summed E-state index contributed by atoms with van der Waals surface area (Å²) in [5.41, 5.74) is -4.56. The van der Waals surface area contributed by atoms with Gasteiger partial charge in [-0.15, -0.1) is 13.2 Å². The lowest BCUT2D eigenvalue weighted by molar-refractivity contribution is -0.274. The molecule has 3 rings (SSSR count). The van der Waals surface area contributed by atoms with Gasteiger partial charge in [0.15, 0.2) is 0 Å². The van der Waals surface area contributed by atoms with Gasteiger partial charge in [-0.3, -0.25) is 19.9 Å². The van der Waals surface area contributed by atoms with Crippen LogP contribution in [0.5, 0.6) is 5.75 Å². The molecule has 0 saturated carbocycles. The van der Waals surface area contributed by atoms with E-state index in [1.54, 1.807) is 0 Å². The molecule has 2 heterocycles. The summed E-state index contributed by atoms with van der Waals surface area (Å²) < 4.78 is 81.8. The number of ether oxygens (including phenoxy) is 1. The molecule has 0 aliphatic carbocycles. The number of hydrogen-bond acceptors (Lipinski definition) is 5. The van der Waals surface area contributed by atoms with Crippen LogP contribution in [0.3, 0.4) is 0 Å². The van der Waals surface area contributed by atoms with E-state index in [0.717, 1.165) is 36.7 Å². The zero-order chi connectivity index (χ0) is 23.0. The quantitative estimate of drug-likeness (QED) is 0.554. The SMILES string of the molecule is O=C(N[C@@]1(C(F)(F)F)NC(=O)N(c2ccc(OC(F)(F)F)cc2)C1=O)c1ccncc1. The maximum Gasteiger partial charge on any atom is 0.573 e. The van der Waals surface area contributed by atoms with Crippen molar-refractivity contribution in [1.29, 1.82) is 0 Å². The second-order valence-electron chi connectivity index (χ2n) is 6.05. The molecule has 2 aromatic rings. The maximum atomic E-state index is 13.8. The predicted molar refractivity (Wildman–Crippen MR) is 89.6 cm³/mol. The van der Waals surface area contributed by atoms with Crippen LogP contribution in [0.1, 0.15) is 10.4 Å². The third-order valence-corrected chi connectivity index (χ3v) is 4.02. The molecule has 1 saturated heterocycles. The second-order valence-corrected chi connectivity index (χ2v) is 6.05. The van der Waals surface area contributed by atoms with Crippen molar-refractivity contribution in [2.75, 3.05) is 4.90 Å². The monoisotopic (exact) mass is 448 g/mol. The van der Waals surface area contributed by atoms with Gasteiger partial charge >= 0.3 is 18.6 Å². The van der Waals surface area contributed by atoms with Crippen molar-refractivity contribution in [3.8, 4) is 5.75 Å². The first-order valence-electron chi connectivity index (χ1n) is 8.16. The van der Waals surface area contributed by atoms with E-state index in [-0.39, 0.29) is 10.5 Å². The number of halogens is 6. The minimum absolute atomic E-state index is 0.0394. The highest BCUT2D eigenvalue weighted by Crippen LogP contribution is 2.36. The Labute approximate surface area is 168 Å². The number of amides is 4. The average Bonchev–Trinajstić information content (AvgIpc) is 2.92. The highest BCUT2D eigenvalue weighted by Gasteiger charge is 2.69. The zero-order valence-electron chi connectivity index (χ0n) is 14.9. The van der Waals surface area contributed by atoms with Crippen molar-refractivity contribution in [2.24, 2.45) is 0 Å². The van der Waals surface area contributed by atoms with E-state index < -0.39 is 47.5 Å². The molecular formula is C17H10F6N4O4. The summed E-state index contributed by atoms with van der Waals surface area (Å²) in [6.07, 6.45) is -8.23. The molecular weight excluding hydrogens is 438 g/mol. The Balaban J connectivity index is 1.93. The molecule has 0 unspecified atom stereocenters. The number of imide groups is 1. The lowest BCUT2D eigenvalue weighted by Gasteiger charge is -2.29. The number of pyridine rings is 1. The van der Waals surface area contributed by atoms with Crippen LogP contribution in [-0.2, 0) is 4.79 Å². The van der Waals surface area contributed by atoms with Crippen LogP contribution in [0.15, 0.2) is 48.8 Å². The molecule has 1 aliphatic heterocycles. The number of nitrogens with zero attached hydrogens (tertiary/aromatic N) is 2. The van der Waals surface area contributed by atoms with Gasteiger partial charge < -0.3 is 10.1 Å². The molecule has 164 valence electrons. The summed E-state index contributed by atoms with van der Waals surface area (Å²) in [5, 5.41) is 2.90. The van der Waals surface area contributed by atoms with Gasteiger partial charge in [-0.05, 0) is 36.4 Å². The molecule has 2 N–H and O–H groups in total. The second kappa shape index (κ2) is 7.45.